The van der Waals surface area contributed by atoms with E-state index in [4.69, 9.17) is 17.3 Å². The van der Waals surface area contributed by atoms with E-state index in [1.165, 1.54) is 5.56 Å². The van der Waals surface area contributed by atoms with Crippen molar-refractivity contribution in [2.24, 2.45) is 5.73 Å². The molecule has 2 aromatic rings. The third-order valence-corrected chi connectivity index (χ3v) is 4.67. The number of aryl methyl sites for hydroxylation is 1. The van der Waals surface area contributed by atoms with E-state index < -0.39 is 0 Å². The van der Waals surface area contributed by atoms with E-state index in [9.17, 15) is 0 Å². The van der Waals surface area contributed by atoms with Crippen molar-refractivity contribution in [3.63, 3.8) is 0 Å². The first kappa shape index (κ1) is 15.4. The normalized spacial score (nSPS) is 12.2. The zero-order valence-electron chi connectivity index (χ0n) is 11.6. The molecule has 1 atom stereocenters. The number of hydrogen-bond acceptors (Lipinski definition) is 2. The number of nitrogens with two attached hydrogens (primary N) is 1. The van der Waals surface area contributed by atoms with Crippen LogP contribution in [0.15, 0.2) is 46.9 Å². The Bertz CT molecular complexity index is 584. The monoisotopic (exact) mass is 352 g/mol. The molecule has 20 heavy (non-hydrogen) atoms. The molecule has 0 aromatic heterocycles. The third-order valence-electron chi connectivity index (χ3n) is 3.46. The highest BCUT2D eigenvalue weighted by atomic mass is 79.9. The van der Waals surface area contributed by atoms with Gasteiger partial charge in [-0.05, 0) is 52.7 Å². The van der Waals surface area contributed by atoms with Crippen LogP contribution in [-0.4, -0.2) is 13.6 Å². The highest BCUT2D eigenvalue weighted by molar-refractivity contribution is 9.10. The number of anilines is 1. The van der Waals surface area contributed by atoms with Gasteiger partial charge in [-0.1, -0.05) is 35.4 Å². The second-order valence-electron chi connectivity index (χ2n) is 4.87. The molecule has 0 amide bonds. The van der Waals surface area contributed by atoms with Gasteiger partial charge in [-0.2, -0.15) is 0 Å². The van der Waals surface area contributed by atoms with E-state index in [-0.39, 0.29) is 6.04 Å². The van der Waals surface area contributed by atoms with Crippen LogP contribution >= 0.6 is 27.5 Å². The molecular formula is C16H18BrClN2. The lowest BCUT2D eigenvalue weighted by atomic mass is 10.0. The Morgan fingerprint density at radius 1 is 1.20 bits per heavy atom. The summed E-state index contributed by atoms with van der Waals surface area (Å²) < 4.78 is 0.896. The standard InChI is InChI=1S/C16H18BrClN2/c1-11-3-6-13(7-4-11)20(2)16(10-19)12-5-8-15(18)14(17)9-12/h3-9,16H,10,19H2,1-2H3. The van der Waals surface area contributed by atoms with Crippen molar-refractivity contribution in [1.29, 1.82) is 0 Å². The van der Waals surface area contributed by atoms with Crippen LogP contribution in [0.3, 0.4) is 0 Å². The highest BCUT2D eigenvalue weighted by Gasteiger charge is 2.16. The number of nitrogens with zero attached hydrogens (tertiary/aromatic N) is 1. The topological polar surface area (TPSA) is 29.3 Å². The Labute approximate surface area is 133 Å². The van der Waals surface area contributed by atoms with Crippen LogP contribution in [0, 0.1) is 6.92 Å². The largest absolute Gasteiger partial charge is 0.366 e. The molecule has 0 heterocycles. The Balaban J connectivity index is 2.31. The van der Waals surface area contributed by atoms with E-state index >= 15 is 0 Å². The van der Waals surface area contributed by atoms with Crippen LogP contribution in [0.1, 0.15) is 17.2 Å². The summed E-state index contributed by atoms with van der Waals surface area (Å²) in [6, 6.07) is 14.5. The van der Waals surface area contributed by atoms with Crippen molar-refractivity contribution in [2.75, 3.05) is 18.5 Å². The zero-order chi connectivity index (χ0) is 14.7. The molecule has 0 fully saturated rings. The minimum atomic E-state index is 0.117. The lowest BCUT2D eigenvalue weighted by molar-refractivity contribution is 0.680. The molecule has 2 aromatic carbocycles. The summed E-state index contributed by atoms with van der Waals surface area (Å²) in [7, 11) is 2.06. The van der Waals surface area contributed by atoms with Crippen molar-refractivity contribution in [3.8, 4) is 0 Å². The van der Waals surface area contributed by atoms with Crippen molar-refractivity contribution < 1.29 is 0 Å². The molecule has 2 N–H and O–H groups in total. The first-order valence-corrected chi connectivity index (χ1v) is 7.64. The Hall–Kier alpha value is -1.03. The van der Waals surface area contributed by atoms with Crippen LogP contribution in [-0.2, 0) is 0 Å². The van der Waals surface area contributed by atoms with Crippen molar-refractivity contribution in [2.45, 2.75) is 13.0 Å². The quantitative estimate of drug-likeness (QED) is 0.874. The molecule has 2 rings (SSSR count). The van der Waals surface area contributed by atoms with E-state index in [2.05, 4.69) is 59.1 Å². The second-order valence-corrected chi connectivity index (χ2v) is 6.13. The molecule has 0 radical (unpaired) electrons. The molecule has 0 aliphatic rings. The third kappa shape index (κ3) is 3.35. The average Bonchev–Trinajstić information content (AvgIpc) is 2.44. The average molecular weight is 354 g/mol. The van der Waals surface area contributed by atoms with E-state index in [1.54, 1.807) is 0 Å². The summed E-state index contributed by atoms with van der Waals surface area (Å²) in [5.41, 5.74) is 9.52. The van der Waals surface area contributed by atoms with Crippen LogP contribution < -0.4 is 10.6 Å². The number of likely N-dealkylation sites (N-methyl/N-ethyl adjacent to an activating group) is 1. The second kappa shape index (κ2) is 6.61. The van der Waals surface area contributed by atoms with Gasteiger partial charge in [0.2, 0.25) is 0 Å². The summed E-state index contributed by atoms with van der Waals surface area (Å²) >= 11 is 9.52. The van der Waals surface area contributed by atoms with Crippen LogP contribution in [0.5, 0.6) is 0 Å². The Kier molecular flexibility index (Phi) is 5.08. The van der Waals surface area contributed by atoms with E-state index in [0.29, 0.717) is 11.6 Å². The fraction of sp³-hybridized carbons (Fsp3) is 0.250. The summed E-state index contributed by atoms with van der Waals surface area (Å²) in [6.07, 6.45) is 0. The highest BCUT2D eigenvalue weighted by Crippen LogP contribution is 2.30. The molecule has 0 aliphatic carbocycles. The minimum Gasteiger partial charge on any atom is -0.366 e. The molecule has 106 valence electrons. The molecule has 4 heteroatoms. The number of benzene rings is 2. The fourth-order valence-corrected chi connectivity index (χ4v) is 2.71. The minimum absolute atomic E-state index is 0.117. The van der Waals surface area contributed by atoms with Crippen LogP contribution in [0.4, 0.5) is 5.69 Å². The molecular weight excluding hydrogens is 336 g/mol. The predicted octanol–water partition coefficient (Wildman–Crippen LogP) is 4.55. The van der Waals surface area contributed by atoms with Gasteiger partial charge < -0.3 is 10.6 Å². The molecule has 0 spiro atoms. The first-order valence-electron chi connectivity index (χ1n) is 6.47. The van der Waals surface area contributed by atoms with Gasteiger partial charge in [0.25, 0.3) is 0 Å². The number of halogens is 2. The van der Waals surface area contributed by atoms with Gasteiger partial charge in [0.1, 0.15) is 0 Å². The van der Waals surface area contributed by atoms with Gasteiger partial charge in [0, 0.05) is 23.8 Å². The Morgan fingerprint density at radius 2 is 1.85 bits per heavy atom. The van der Waals surface area contributed by atoms with Gasteiger partial charge in [-0.3, -0.25) is 0 Å². The van der Waals surface area contributed by atoms with E-state index in [1.807, 2.05) is 18.2 Å². The maximum Gasteiger partial charge on any atom is 0.0661 e. The molecule has 0 saturated carbocycles. The van der Waals surface area contributed by atoms with Crippen LogP contribution in [0.25, 0.3) is 0 Å². The van der Waals surface area contributed by atoms with Gasteiger partial charge in [-0.15, -0.1) is 0 Å². The maximum absolute atomic E-state index is 6.05. The van der Waals surface area contributed by atoms with Crippen molar-refractivity contribution in [3.05, 3.63) is 63.1 Å². The van der Waals surface area contributed by atoms with E-state index in [0.717, 1.165) is 15.7 Å². The first-order chi connectivity index (χ1) is 9.52. The fourth-order valence-electron chi connectivity index (χ4n) is 2.20. The van der Waals surface area contributed by atoms with Crippen molar-refractivity contribution >= 4 is 33.2 Å². The summed E-state index contributed by atoms with van der Waals surface area (Å²) in [6.45, 7) is 2.62. The van der Waals surface area contributed by atoms with Gasteiger partial charge >= 0.3 is 0 Å². The van der Waals surface area contributed by atoms with Crippen LogP contribution in [0.2, 0.25) is 5.02 Å². The number of hydrogen-bond donors (Lipinski definition) is 1. The van der Waals surface area contributed by atoms with Gasteiger partial charge in [0.15, 0.2) is 0 Å². The lowest BCUT2D eigenvalue weighted by Gasteiger charge is -2.30. The SMILES string of the molecule is Cc1ccc(N(C)C(CN)c2ccc(Cl)c(Br)c2)cc1. The summed E-state index contributed by atoms with van der Waals surface area (Å²) in [4.78, 5) is 2.19. The molecule has 2 nitrogen and oxygen atoms in total. The molecule has 0 aliphatic heterocycles. The molecule has 0 bridgehead atoms. The summed E-state index contributed by atoms with van der Waals surface area (Å²) in [5, 5.41) is 0.711. The molecule has 0 saturated heterocycles. The van der Waals surface area contributed by atoms with Gasteiger partial charge in [0.05, 0.1) is 11.1 Å². The summed E-state index contributed by atoms with van der Waals surface area (Å²) in [5.74, 6) is 0. The molecule has 1 unspecified atom stereocenters. The lowest BCUT2D eigenvalue weighted by Crippen LogP contribution is -2.30. The van der Waals surface area contributed by atoms with Crippen molar-refractivity contribution in [1.82, 2.24) is 0 Å². The smallest absolute Gasteiger partial charge is 0.0661 e. The van der Waals surface area contributed by atoms with Gasteiger partial charge in [-0.25, -0.2) is 0 Å². The Morgan fingerprint density at radius 3 is 2.40 bits per heavy atom. The predicted molar refractivity (Wildman–Crippen MR) is 90.5 cm³/mol. The zero-order valence-corrected chi connectivity index (χ0v) is 13.9. The number of rotatable bonds is 4. The maximum atomic E-state index is 6.05.